The van der Waals surface area contributed by atoms with Crippen molar-refractivity contribution in [3.63, 3.8) is 0 Å². The molecule has 0 aliphatic heterocycles. The first-order valence-corrected chi connectivity index (χ1v) is 9.38. The largest absolute Gasteiger partial charge is 0.308 e. The summed E-state index contributed by atoms with van der Waals surface area (Å²) in [5.74, 6) is 0. The third-order valence-electron chi connectivity index (χ3n) is 3.61. The molecule has 0 saturated heterocycles. The molecule has 0 fully saturated rings. The predicted octanol–water partition coefficient (Wildman–Crippen LogP) is 2.70. The van der Waals surface area contributed by atoms with Gasteiger partial charge >= 0.3 is 0 Å². The molecule has 0 radical (unpaired) electrons. The fourth-order valence-corrected chi connectivity index (χ4v) is 3.25. The Labute approximate surface area is 130 Å². The molecule has 1 aromatic rings. The highest BCUT2D eigenvalue weighted by Crippen LogP contribution is 2.36. The first-order valence-electron chi connectivity index (χ1n) is 6.69. The Bertz CT molecular complexity index is 564. The number of rotatable bonds is 6. The zero-order valence-corrected chi connectivity index (χ0v) is 15.3. The summed E-state index contributed by atoms with van der Waals surface area (Å²) in [7, 11) is -3.23. The molecule has 1 atom stereocenters. The van der Waals surface area contributed by atoms with Crippen LogP contribution in [0, 0.1) is 0 Å². The second-order valence-corrected chi connectivity index (χ2v) is 9.23. The van der Waals surface area contributed by atoms with Gasteiger partial charge in [-0.3, -0.25) is 4.68 Å². The van der Waals surface area contributed by atoms with Gasteiger partial charge in [0.15, 0.2) is 9.84 Å². The maximum atomic E-state index is 12.2. The second-order valence-electron chi connectivity index (χ2n) is 5.78. The highest BCUT2D eigenvalue weighted by molar-refractivity contribution is 9.10. The summed E-state index contributed by atoms with van der Waals surface area (Å²) < 4.78 is 26.1. The molecule has 1 rings (SSSR count). The molecular formula is C13H24BrN3O2S. The van der Waals surface area contributed by atoms with Gasteiger partial charge in [0, 0.05) is 12.3 Å². The Kier molecular flexibility index (Phi) is 5.43. The van der Waals surface area contributed by atoms with Gasteiger partial charge in [0.1, 0.15) is 0 Å². The average Bonchev–Trinajstić information content (AvgIpc) is 2.66. The van der Waals surface area contributed by atoms with Crippen LogP contribution < -0.4 is 5.32 Å². The molecule has 0 aliphatic rings. The van der Waals surface area contributed by atoms with E-state index in [0.29, 0.717) is 6.54 Å². The van der Waals surface area contributed by atoms with Gasteiger partial charge in [-0.2, -0.15) is 5.10 Å². The van der Waals surface area contributed by atoms with Crippen molar-refractivity contribution in [2.24, 2.45) is 0 Å². The topological polar surface area (TPSA) is 64.0 Å². The Morgan fingerprint density at radius 3 is 2.40 bits per heavy atom. The highest BCUT2D eigenvalue weighted by atomic mass is 79.9. The molecule has 0 aliphatic carbocycles. The van der Waals surface area contributed by atoms with Crippen molar-refractivity contribution in [3.8, 4) is 0 Å². The lowest BCUT2D eigenvalue weighted by molar-refractivity contribution is 0.384. The van der Waals surface area contributed by atoms with Crippen LogP contribution in [0.3, 0.4) is 0 Å². The van der Waals surface area contributed by atoms with E-state index in [9.17, 15) is 8.42 Å². The average molecular weight is 366 g/mol. The van der Waals surface area contributed by atoms with E-state index in [-0.39, 0.29) is 12.1 Å². The van der Waals surface area contributed by atoms with E-state index in [2.05, 4.69) is 26.3 Å². The van der Waals surface area contributed by atoms with E-state index >= 15 is 0 Å². The number of hydrogen-bond acceptors (Lipinski definition) is 4. The molecule has 7 heteroatoms. The van der Waals surface area contributed by atoms with Gasteiger partial charge in [0.25, 0.3) is 0 Å². The van der Waals surface area contributed by atoms with Crippen LogP contribution in [0.2, 0.25) is 0 Å². The standard InChI is InChI=1S/C13H24BrN3O2S/c1-7-15-12(13(4,5)20(6,18)19)11-10(14)8-16-17(11)9(2)3/h8-9,12,15H,7H2,1-6H3. The Hall–Kier alpha value is -0.400. The van der Waals surface area contributed by atoms with E-state index in [1.807, 2.05) is 25.5 Å². The van der Waals surface area contributed by atoms with Crippen LogP contribution in [0.5, 0.6) is 0 Å². The number of aromatic nitrogens is 2. The lowest BCUT2D eigenvalue weighted by Gasteiger charge is -2.34. The SMILES string of the molecule is CCNC(c1c(Br)cnn1C(C)C)C(C)(C)S(C)(=O)=O. The van der Waals surface area contributed by atoms with E-state index in [1.54, 1.807) is 20.0 Å². The zero-order valence-electron chi connectivity index (χ0n) is 12.9. The first kappa shape index (κ1) is 17.7. The Morgan fingerprint density at radius 2 is 2.00 bits per heavy atom. The van der Waals surface area contributed by atoms with Crippen LogP contribution >= 0.6 is 15.9 Å². The molecule has 1 heterocycles. The van der Waals surface area contributed by atoms with Gasteiger partial charge < -0.3 is 5.32 Å². The minimum absolute atomic E-state index is 0.160. The Balaban J connectivity index is 3.47. The molecule has 116 valence electrons. The minimum atomic E-state index is -3.23. The number of sulfone groups is 1. The summed E-state index contributed by atoms with van der Waals surface area (Å²) in [5.41, 5.74) is 0.872. The maximum absolute atomic E-state index is 12.2. The normalized spacial score (nSPS) is 14.8. The van der Waals surface area contributed by atoms with Crippen molar-refractivity contribution < 1.29 is 8.42 Å². The third-order valence-corrected chi connectivity index (χ3v) is 6.37. The summed E-state index contributed by atoms with van der Waals surface area (Å²) in [6.07, 6.45) is 3.00. The van der Waals surface area contributed by atoms with Gasteiger partial charge in [-0.05, 0) is 50.2 Å². The first-order chi connectivity index (χ1) is 9.04. The monoisotopic (exact) mass is 365 g/mol. The lowest BCUT2D eigenvalue weighted by Crippen LogP contribution is -2.46. The summed E-state index contributed by atoms with van der Waals surface area (Å²) in [5, 5.41) is 7.65. The zero-order chi connectivity index (χ0) is 15.7. The summed E-state index contributed by atoms with van der Waals surface area (Å²) in [4.78, 5) is 0. The summed E-state index contributed by atoms with van der Waals surface area (Å²) in [6, 6.07) is -0.172. The Morgan fingerprint density at radius 1 is 1.45 bits per heavy atom. The molecule has 0 aromatic carbocycles. The van der Waals surface area contributed by atoms with E-state index in [4.69, 9.17) is 0 Å². The van der Waals surface area contributed by atoms with Crippen molar-refractivity contribution >= 4 is 25.8 Å². The molecule has 5 nitrogen and oxygen atoms in total. The quantitative estimate of drug-likeness (QED) is 0.841. The van der Waals surface area contributed by atoms with Crippen LogP contribution in [0.1, 0.15) is 52.4 Å². The van der Waals surface area contributed by atoms with Crippen LogP contribution in [-0.2, 0) is 9.84 Å². The summed E-state index contributed by atoms with van der Waals surface area (Å²) in [6.45, 7) is 10.2. The molecule has 1 aromatic heterocycles. The number of halogens is 1. The van der Waals surface area contributed by atoms with Crippen molar-refractivity contribution in [2.45, 2.75) is 51.4 Å². The van der Waals surface area contributed by atoms with Crippen LogP contribution in [0.25, 0.3) is 0 Å². The van der Waals surface area contributed by atoms with E-state index in [1.165, 1.54) is 6.26 Å². The molecule has 20 heavy (non-hydrogen) atoms. The van der Waals surface area contributed by atoms with Crippen molar-refractivity contribution in [1.29, 1.82) is 0 Å². The lowest BCUT2D eigenvalue weighted by atomic mass is 9.99. The molecule has 0 saturated carbocycles. The highest BCUT2D eigenvalue weighted by Gasteiger charge is 2.42. The fourth-order valence-electron chi connectivity index (χ4n) is 2.12. The number of hydrogen-bond donors (Lipinski definition) is 1. The number of nitrogens with zero attached hydrogens (tertiary/aromatic N) is 2. The van der Waals surface area contributed by atoms with Crippen molar-refractivity contribution in [1.82, 2.24) is 15.1 Å². The predicted molar refractivity (Wildman–Crippen MR) is 85.7 cm³/mol. The molecule has 1 unspecified atom stereocenters. The second kappa shape index (κ2) is 6.15. The van der Waals surface area contributed by atoms with Gasteiger partial charge in [-0.15, -0.1) is 0 Å². The van der Waals surface area contributed by atoms with Gasteiger partial charge in [-0.25, -0.2) is 8.42 Å². The van der Waals surface area contributed by atoms with Crippen LogP contribution in [-0.4, -0.2) is 35.7 Å². The van der Waals surface area contributed by atoms with E-state index < -0.39 is 14.6 Å². The minimum Gasteiger partial charge on any atom is -0.308 e. The maximum Gasteiger partial charge on any atom is 0.154 e. The fraction of sp³-hybridized carbons (Fsp3) is 0.769. The molecule has 0 spiro atoms. The number of nitrogens with one attached hydrogen (secondary N) is 1. The van der Waals surface area contributed by atoms with Crippen LogP contribution in [0.4, 0.5) is 0 Å². The third kappa shape index (κ3) is 3.26. The molecule has 0 amide bonds. The smallest absolute Gasteiger partial charge is 0.154 e. The van der Waals surface area contributed by atoms with Crippen molar-refractivity contribution in [2.75, 3.05) is 12.8 Å². The molecular weight excluding hydrogens is 342 g/mol. The van der Waals surface area contributed by atoms with E-state index in [0.717, 1.165) is 10.2 Å². The van der Waals surface area contributed by atoms with Gasteiger partial charge in [0.05, 0.1) is 27.2 Å². The van der Waals surface area contributed by atoms with Gasteiger partial charge in [0.2, 0.25) is 0 Å². The van der Waals surface area contributed by atoms with Gasteiger partial charge in [-0.1, -0.05) is 6.92 Å². The summed E-state index contributed by atoms with van der Waals surface area (Å²) >= 11 is 3.50. The van der Waals surface area contributed by atoms with Crippen LogP contribution in [0.15, 0.2) is 10.7 Å². The van der Waals surface area contributed by atoms with Crippen molar-refractivity contribution in [3.05, 3.63) is 16.4 Å². The molecule has 0 bridgehead atoms. The molecule has 1 N–H and O–H groups in total.